The van der Waals surface area contributed by atoms with Gasteiger partial charge in [0.1, 0.15) is 0 Å². The molecular formula is C27H26N2O. The molecule has 1 aromatic carbocycles. The number of benzene rings is 1. The van der Waals surface area contributed by atoms with Crippen LogP contribution < -0.4 is 0 Å². The Balaban J connectivity index is 1.58. The number of Topliss-reactive ketones (excluding diaryl/α,β-unsaturated/α-hetero) is 1. The number of pyridine rings is 2. The van der Waals surface area contributed by atoms with Gasteiger partial charge in [-0.3, -0.25) is 14.8 Å². The third-order valence-electron chi connectivity index (χ3n) is 6.59. The van der Waals surface area contributed by atoms with Crippen molar-refractivity contribution in [2.45, 2.75) is 51.4 Å². The van der Waals surface area contributed by atoms with Crippen molar-refractivity contribution in [1.29, 1.82) is 0 Å². The molecule has 2 atom stereocenters. The molecule has 0 aliphatic heterocycles. The Bertz CT molecular complexity index is 1150. The Morgan fingerprint density at radius 1 is 1.13 bits per heavy atom. The first kappa shape index (κ1) is 18.9. The number of hydrogen-bond donors (Lipinski definition) is 0. The number of fused-ring (bicyclic) bond motifs is 2. The Hall–Kier alpha value is -3.07. The van der Waals surface area contributed by atoms with Crippen molar-refractivity contribution in [1.82, 2.24) is 9.97 Å². The predicted octanol–water partition coefficient (Wildman–Crippen LogP) is 6.33. The highest BCUT2D eigenvalue weighted by Gasteiger charge is 2.27. The molecule has 0 amide bonds. The molecule has 2 aliphatic rings. The van der Waals surface area contributed by atoms with E-state index in [1.165, 1.54) is 29.5 Å². The lowest BCUT2D eigenvalue weighted by molar-refractivity contribution is 0.0993. The van der Waals surface area contributed by atoms with E-state index in [0.717, 1.165) is 28.1 Å². The molecule has 0 bridgehead atoms. The highest BCUT2D eigenvalue weighted by molar-refractivity contribution is 6.04. The molecule has 3 nitrogen and oxygen atoms in total. The number of carbonyl (C=O) groups is 1. The maximum absolute atomic E-state index is 12.8. The first-order chi connectivity index (χ1) is 14.6. The molecule has 2 unspecified atom stereocenters. The van der Waals surface area contributed by atoms with E-state index in [-0.39, 0.29) is 5.78 Å². The number of nitrogens with zero attached hydrogens (tertiary/aromatic N) is 2. The van der Waals surface area contributed by atoms with E-state index in [1.807, 2.05) is 30.5 Å². The molecule has 0 N–H and O–H groups in total. The Morgan fingerprint density at radius 2 is 2.03 bits per heavy atom. The lowest BCUT2D eigenvalue weighted by atomic mass is 9.90. The normalized spacial score (nSPS) is 19.6. The van der Waals surface area contributed by atoms with Crippen molar-refractivity contribution in [2.75, 3.05) is 0 Å². The van der Waals surface area contributed by atoms with Gasteiger partial charge in [0.2, 0.25) is 0 Å². The molecular weight excluding hydrogens is 368 g/mol. The maximum Gasteiger partial charge on any atom is 0.169 e. The number of ketones is 1. The van der Waals surface area contributed by atoms with Crippen molar-refractivity contribution in [3.63, 3.8) is 0 Å². The molecule has 150 valence electrons. The smallest absolute Gasteiger partial charge is 0.169 e. The molecule has 0 spiro atoms. The van der Waals surface area contributed by atoms with Crippen molar-refractivity contribution >= 4 is 11.9 Å². The van der Waals surface area contributed by atoms with Gasteiger partial charge in [0.15, 0.2) is 5.78 Å². The van der Waals surface area contributed by atoms with Crippen LogP contribution in [-0.2, 0) is 6.42 Å². The summed E-state index contributed by atoms with van der Waals surface area (Å²) in [5, 5.41) is 0. The molecule has 0 fully saturated rings. The summed E-state index contributed by atoms with van der Waals surface area (Å²) in [6.45, 7) is 4.61. The molecule has 30 heavy (non-hydrogen) atoms. The minimum atomic E-state index is 0.160. The van der Waals surface area contributed by atoms with E-state index < -0.39 is 0 Å². The Morgan fingerprint density at radius 3 is 2.83 bits per heavy atom. The second kappa shape index (κ2) is 7.64. The van der Waals surface area contributed by atoms with Crippen LogP contribution in [0.2, 0.25) is 0 Å². The quantitative estimate of drug-likeness (QED) is 0.519. The van der Waals surface area contributed by atoms with Crippen LogP contribution in [0.15, 0.2) is 54.9 Å². The molecule has 0 saturated heterocycles. The molecule has 3 aromatic rings. The fourth-order valence-electron chi connectivity index (χ4n) is 5.05. The summed E-state index contributed by atoms with van der Waals surface area (Å²) in [5.41, 5.74) is 8.68. The van der Waals surface area contributed by atoms with Crippen LogP contribution in [-0.4, -0.2) is 15.8 Å². The maximum atomic E-state index is 12.8. The lowest BCUT2D eigenvalue weighted by Gasteiger charge is -2.17. The standard InChI is InChI=1S/C27H26N2O/c1-3-19-12-17(2)23-13-18(9-10-22(19)23)14-25-27-20(6-4-8-26(27)30)15-24(29-25)21-7-5-11-28-16-21/h4-7,9-11,13,15-17,19H,3,8,12,14H2,1-2H3. The van der Waals surface area contributed by atoms with Gasteiger partial charge >= 0.3 is 0 Å². The number of carbonyl (C=O) groups excluding carboxylic acids is 1. The van der Waals surface area contributed by atoms with E-state index in [9.17, 15) is 4.79 Å². The third-order valence-corrected chi connectivity index (χ3v) is 6.59. The summed E-state index contributed by atoms with van der Waals surface area (Å²) in [6, 6.07) is 12.8. The molecule has 2 heterocycles. The van der Waals surface area contributed by atoms with Crippen molar-refractivity contribution in [3.05, 3.63) is 88.4 Å². The second-order valence-electron chi connectivity index (χ2n) is 8.57. The molecule has 2 aliphatic carbocycles. The van der Waals surface area contributed by atoms with Gasteiger partial charge in [-0.25, -0.2) is 0 Å². The van der Waals surface area contributed by atoms with E-state index in [4.69, 9.17) is 4.98 Å². The van der Waals surface area contributed by atoms with Crippen LogP contribution in [0.3, 0.4) is 0 Å². The van der Waals surface area contributed by atoms with Crippen molar-refractivity contribution in [2.24, 2.45) is 0 Å². The fourth-order valence-corrected chi connectivity index (χ4v) is 5.05. The molecule has 5 rings (SSSR count). The summed E-state index contributed by atoms with van der Waals surface area (Å²) < 4.78 is 0. The topological polar surface area (TPSA) is 42.9 Å². The monoisotopic (exact) mass is 394 g/mol. The number of aromatic nitrogens is 2. The zero-order valence-corrected chi connectivity index (χ0v) is 17.6. The first-order valence-electron chi connectivity index (χ1n) is 10.9. The molecule has 2 aromatic heterocycles. The predicted molar refractivity (Wildman–Crippen MR) is 121 cm³/mol. The van der Waals surface area contributed by atoms with Gasteiger partial charge in [-0.05, 0) is 65.1 Å². The van der Waals surface area contributed by atoms with Gasteiger partial charge in [-0.2, -0.15) is 0 Å². The zero-order chi connectivity index (χ0) is 20.7. The fraction of sp³-hybridized carbons (Fsp3) is 0.296. The lowest BCUT2D eigenvalue weighted by Crippen LogP contribution is -2.12. The minimum Gasteiger partial charge on any atom is -0.294 e. The largest absolute Gasteiger partial charge is 0.294 e. The minimum absolute atomic E-state index is 0.160. The van der Waals surface area contributed by atoms with Crippen LogP contribution in [0.4, 0.5) is 0 Å². The SMILES string of the molecule is CCC1CC(C)c2cc(Cc3nc(-c4cccnc4)cc4c3C(=O)CC=C4)ccc21. The summed E-state index contributed by atoms with van der Waals surface area (Å²) in [4.78, 5) is 22.0. The summed E-state index contributed by atoms with van der Waals surface area (Å²) in [6.07, 6.45) is 11.2. The van der Waals surface area contributed by atoms with Crippen LogP contribution in [0.1, 0.15) is 83.3 Å². The zero-order valence-electron chi connectivity index (χ0n) is 17.6. The highest BCUT2D eigenvalue weighted by Crippen LogP contribution is 2.43. The van der Waals surface area contributed by atoms with E-state index >= 15 is 0 Å². The van der Waals surface area contributed by atoms with E-state index in [0.29, 0.717) is 24.7 Å². The Labute approximate surface area is 177 Å². The van der Waals surface area contributed by atoms with Crippen LogP contribution >= 0.6 is 0 Å². The number of allylic oxidation sites excluding steroid dienone is 1. The second-order valence-corrected chi connectivity index (χ2v) is 8.57. The highest BCUT2D eigenvalue weighted by atomic mass is 16.1. The summed E-state index contributed by atoms with van der Waals surface area (Å²) >= 11 is 0. The van der Waals surface area contributed by atoms with Crippen LogP contribution in [0.5, 0.6) is 0 Å². The van der Waals surface area contributed by atoms with Gasteiger partial charge in [0, 0.05) is 36.4 Å². The van der Waals surface area contributed by atoms with Gasteiger partial charge in [0.25, 0.3) is 0 Å². The molecule has 3 heteroatoms. The third kappa shape index (κ3) is 3.28. The number of rotatable bonds is 4. The van der Waals surface area contributed by atoms with Gasteiger partial charge in [0.05, 0.1) is 11.4 Å². The van der Waals surface area contributed by atoms with Gasteiger partial charge < -0.3 is 0 Å². The first-order valence-corrected chi connectivity index (χ1v) is 10.9. The average molecular weight is 395 g/mol. The summed E-state index contributed by atoms with van der Waals surface area (Å²) in [5.74, 6) is 1.43. The van der Waals surface area contributed by atoms with Crippen molar-refractivity contribution in [3.8, 4) is 11.3 Å². The van der Waals surface area contributed by atoms with Crippen molar-refractivity contribution < 1.29 is 4.79 Å². The van der Waals surface area contributed by atoms with E-state index in [2.05, 4.69) is 43.1 Å². The van der Waals surface area contributed by atoms with Gasteiger partial charge in [-0.15, -0.1) is 0 Å². The Kier molecular flexibility index (Phi) is 4.82. The van der Waals surface area contributed by atoms with Crippen LogP contribution in [0.25, 0.3) is 17.3 Å². The average Bonchev–Trinajstić information content (AvgIpc) is 3.09. The van der Waals surface area contributed by atoms with E-state index in [1.54, 1.807) is 6.20 Å². The molecule has 0 radical (unpaired) electrons. The number of hydrogen-bond acceptors (Lipinski definition) is 3. The summed E-state index contributed by atoms with van der Waals surface area (Å²) in [7, 11) is 0. The van der Waals surface area contributed by atoms with Gasteiger partial charge in [-0.1, -0.05) is 44.2 Å². The molecule has 0 saturated carbocycles. The van der Waals surface area contributed by atoms with Crippen LogP contribution in [0, 0.1) is 0 Å².